The number of unbranched alkanes of at least 4 members (excludes halogenated alkanes) is 49. The molecule has 6 nitrogen and oxygen atoms in total. The summed E-state index contributed by atoms with van der Waals surface area (Å²) in [5.74, 6) is -0.0677. The number of hydrogen-bond acceptors (Lipinski definition) is 5. The minimum absolute atomic E-state index is 0.00346. The number of aliphatic hydroxyl groups excluding tert-OH is 2. The topological polar surface area (TPSA) is 95.9 Å². The Morgan fingerprint density at radius 3 is 0.934 bits per heavy atom. The van der Waals surface area contributed by atoms with Gasteiger partial charge in [-0.2, -0.15) is 0 Å². The minimum atomic E-state index is -0.850. The van der Waals surface area contributed by atoms with E-state index in [9.17, 15) is 19.8 Å². The highest BCUT2D eigenvalue weighted by atomic mass is 16.5. The van der Waals surface area contributed by atoms with Gasteiger partial charge in [0.05, 0.1) is 25.4 Å². The van der Waals surface area contributed by atoms with Crippen molar-refractivity contribution < 1.29 is 24.5 Å². The fourth-order valence-electron chi connectivity index (χ4n) is 10.6. The summed E-state index contributed by atoms with van der Waals surface area (Å²) < 4.78 is 5.49. The van der Waals surface area contributed by atoms with Crippen LogP contribution in [0.2, 0.25) is 0 Å². The van der Waals surface area contributed by atoms with Crippen molar-refractivity contribution in [3.63, 3.8) is 0 Å². The zero-order chi connectivity index (χ0) is 55.0. The van der Waals surface area contributed by atoms with E-state index in [0.717, 1.165) is 51.4 Å². The van der Waals surface area contributed by atoms with Crippen LogP contribution < -0.4 is 5.32 Å². The Morgan fingerprint density at radius 2 is 0.618 bits per heavy atom. The zero-order valence-electron chi connectivity index (χ0n) is 51.3. The maximum absolute atomic E-state index is 12.5. The first-order valence-electron chi connectivity index (χ1n) is 34.3. The first kappa shape index (κ1) is 74.1. The van der Waals surface area contributed by atoms with Gasteiger partial charge in [0.25, 0.3) is 0 Å². The second-order valence-electron chi connectivity index (χ2n) is 23.5. The molecule has 0 aliphatic carbocycles. The Balaban J connectivity index is 3.44. The predicted octanol–water partition coefficient (Wildman–Crippen LogP) is 21.9. The number of nitrogens with one attached hydrogen (secondary N) is 1. The van der Waals surface area contributed by atoms with Gasteiger partial charge in [0.2, 0.25) is 5.91 Å². The number of carbonyl (C=O) groups excluding carboxylic acids is 2. The van der Waals surface area contributed by atoms with Gasteiger partial charge in [-0.15, -0.1) is 0 Å². The molecule has 0 heterocycles. The molecule has 448 valence electrons. The Morgan fingerprint density at radius 1 is 0.355 bits per heavy atom. The van der Waals surface area contributed by atoms with E-state index in [-0.39, 0.29) is 18.5 Å². The van der Waals surface area contributed by atoms with E-state index in [0.29, 0.717) is 19.4 Å². The quantitative estimate of drug-likeness (QED) is 0.0320. The van der Waals surface area contributed by atoms with Crippen LogP contribution in [0.1, 0.15) is 373 Å². The second-order valence-corrected chi connectivity index (χ2v) is 23.5. The lowest BCUT2D eigenvalue weighted by molar-refractivity contribution is -0.143. The van der Waals surface area contributed by atoms with E-state index in [1.165, 1.54) is 295 Å². The predicted molar refractivity (Wildman–Crippen MR) is 333 cm³/mol. The average Bonchev–Trinajstić information content (AvgIpc) is 3.42. The maximum Gasteiger partial charge on any atom is 0.305 e. The van der Waals surface area contributed by atoms with E-state index in [2.05, 4.69) is 43.5 Å². The molecule has 0 fully saturated rings. The van der Waals surface area contributed by atoms with Gasteiger partial charge < -0.3 is 20.3 Å². The molecule has 0 aliphatic rings. The van der Waals surface area contributed by atoms with E-state index in [1.54, 1.807) is 6.08 Å². The largest absolute Gasteiger partial charge is 0.466 e. The van der Waals surface area contributed by atoms with E-state index < -0.39 is 12.1 Å². The van der Waals surface area contributed by atoms with Crippen LogP contribution in [0.5, 0.6) is 0 Å². The van der Waals surface area contributed by atoms with Crippen LogP contribution in [0, 0.1) is 0 Å². The molecule has 0 radical (unpaired) electrons. The standard InChI is InChI=1S/C70H133NO5/c1-3-5-7-9-11-13-15-17-19-20-21-25-28-31-35-38-42-46-50-54-58-62-68(73)67(66-72)71-69(74)63-59-55-51-47-43-39-36-32-29-26-23-22-24-27-30-33-37-41-45-49-53-57-61-65-76-70(75)64-60-56-52-48-44-40-34-18-16-14-12-10-8-6-4-2/h18,26,29,34,58,62,67-68,72-73H,3-17,19-25,27-28,30-33,35-57,59-61,63-66H2,1-2H3,(H,71,74)/b29-26-,34-18-,62-58+. The number of ether oxygens (including phenoxy) is 1. The summed E-state index contributed by atoms with van der Waals surface area (Å²) in [5, 5.41) is 23.2. The molecule has 0 aromatic heterocycles. The summed E-state index contributed by atoms with van der Waals surface area (Å²) in [6.45, 7) is 4.92. The van der Waals surface area contributed by atoms with E-state index >= 15 is 0 Å². The van der Waals surface area contributed by atoms with Crippen LogP contribution in [0.25, 0.3) is 0 Å². The molecule has 2 atom stereocenters. The monoisotopic (exact) mass is 1070 g/mol. The first-order valence-corrected chi connectivity index (χ1v) is 34.3. The SMILES string of the molecule is CCCCCCCC/C=C\CCCCCCCC(=O)OCCCCCCCCCCCCCC/C=C\CCCCCCCCCC(=O)NC(CO)C(O)/C=C/CCCCCCCCCCCCCCCCCCCCC. The summed E-state index contributed by atoms with van der Waals surface area (Å²) in [6.07, 6.45) is 83.5. The van der Waals surface area contributed by atoms with Crippen LogP contribution in [0.3, 0.4) is 0 Å². The Labute approximate surface area is 474 Å². The molecule has 0 aromatic rings. The molecule has 0 bridgehead atoms. The molecular weight excluding hydrogens is 935 g/mol. The fraction of sp³-hybridized carbons (Fsp3) is 0.886. The van der Waals surface area contributed by atoms with Crippen molar-refractivity contribution in [2.24, 2.45) is 0 Å². The van der Waals surface area contributed by atoms with E-state index in [1.807, 2.05) is 6.08 Å². The number of amides is 1. The number of carbonyl (C=O) groups is 2. The van der Waals surface area contributed by atoms with Crippen LogP contribution >= 0.6 is 0 Å². The Hall–Kier alpha value is -1.92. The number of aliphatic hydroxyl groups is 2. The van der Waals surface area contributed by atoms with Gasteiger partial charge in [0, 0.05) is 12.8 Å². The van der Waals surface area contributed by atoms with Gasteiger partial charge in [-0.05, 0) is 83.5 Å². The van der Waals surface area contributed by atoms with Crippen molar-refractivity contribution in [2.75, 3.05) is 13.2 Å². The van der Waals surface area contributed by atoms with Gasteiger partial charge in [-0.3, -0.25) is 9.59 Å². The summed E-state index contributed by atoms with van der Waals surface area (Å²) in [5.41, 5.74) is 0. The van der Waals surface area contributed by atoms with Crippen LogP contribution in [0.4, 0.5) is 0 Å². The molecular formula is C70H133NO5. The molecule has 0 spiro atoms. The number of esters is 1. The second kappa shape index (κ2) is 65.6. The smallest absolute Gasteiger partial charge is 0.305 e. The molecule has 6 heteroatoms. The van der Waals surface area contributed by atoms with Crippen molar-refractivity contribution >= 4 is 11.9 Å². The van der Waals surface area contributed by atoms with Crippen molar-refractivity contribution in [3.8, 4) is 0 Å². The highest BCUT2D eigenvalue weighted by Gasteiger charge is 2.18. The molecule has 76 heavy (non-hydrogen) atoms. The lowest BCUT2D eigenvalue weighted by Gasteiger charge is -2.20. The lowest BCUT2D eigenvalue weighted by atomic mass is 10.0. The Kier molecular flexibility index (Phi) is 63.9. The molecule has 3 N–H and O–H groups in total. The van der Waals surface area contributed by atoms with Crippen molar-refractivity contribution in [1.82, 2.24) is 5.32 Å². The molecule has 0 rings (SSSR count). The first-order chi connectivity index (χ1) is 37.5. The average molecular weight is 1070 g/mol. The summed E-state index contributed by atoms with van der Waals surface area (Å²) in [6, 6.07) is -0.634. The summed E-state index contributed by atoms with van der Waals surface area (Å²) in [7, 11) is 0. The third-order valence-electron chi connectivity index (χ3n) is 15.9. The van der Waals surface area contributed by atoms with Crippen molar-refractivity contribution in [3.05, 3.63) is 36.5 Å². The highest BCUT2D eigenvalue weighted by molar-refractivity contribution is 5.76. The van der Waals surface area contributed by atoms with Crippen LogP contribution in [-0.4, -0.2) is 47.4 Å². The van der Waals surface area contributed by atoms with Crippen LogP contribution in [-0.2, 0) is 14.3 Å². The highest BCUT2D eigenvalue weighted by Crippen LogP contribution is 2.18. The van der Waals surface area contributed by atoms with Gasteiger partial charge in [0.1, 0.15) is 0 Å². The van der Waals surface area contributed by atoms with Gasteiger partial charge in [-0.1, -0.05) is 314 Å². The molecule has 0 aliphatic heterocycles. The Bertz CT molecular complexity index is 1230. The lowest BCUT2D eigenvalue weighted by Crippen LogP contribution is -2.45. The molecule has 0 saturated heterocycles. The number of hydrogen-bond donors (Lipinski definition) is 3. The normalized spacial score (nSPS) is 12.7. The fourth-order valence-corrected chi connectivity index (χ4v) is 10.6. The van der Waals surface area contributed by atoms with Gasteiger partial charge in [-0.25, -0.2) is 0 Å². The number of allylic oxidation sites excluding steroid dienone is 5. The molecule has 1 amide bonds. The van der Waals surface area contributed by atoms with Gasteiger partial charge in [0.15, 0.2) is 0 Å². The third-order valence-corrected chi connectivity index (χ3v) is 15.9. The van der Waals surface area contributed by atoms with Crippen LogP contribution in [0.15, 0.2) is 36.5 Å². The number of rotatable bonds is 64. The zero-order valence-corrected chi connectivity index (χ0v) is 51.3. The maximum atomic E-state index is 12.5. The third kappa shape index (κ3) is 61.3. The molecule has 2 unspecified atom stereocenters. The summed E-state index contributed by atoms with van der Waals surface area (Å²) >= 11 is 0. The summed E-state index contributed by atoms with van der Waals surface area (Å²) in [4.78, 5) is 24.6. The van der Waals surface area contributed by atoms with Crippen molar-refractivity contribution in [2.45, 2.75) is 386 Å². The van der Waals surface area contributed by atoms with E-state index in [4.69, 9.17) is 4.74 Å². The van der Waals surface area contributed by atoms with Crippen molar-refractivity contribution in [1.29, 1.82) is 0 Å². The molecule has 0 aromatic carbocycles. The molecule has 0 saturated carbocycles. The minimum Gasteiger partial charge on any atom is -0.466 e. The van der Waals surface area contributed by atoms with Gasteiger partial charge >= 0.3 is 5.97 Å².